The lowest BCUT2D eigenvalue weighted by atomic mass is 10.00. The number of benzene rings is 1. The van der Waals surface area contributed by atoms with Gasteiger partial charge < -0.3 is 5.73 Å². The standard InChI is InChI=1S/C24H42N/c1-2-3-4-5-6-7-8-9-10-11-12-13-14-15-19-22-24(25)23-20-17-16-18-21-23/h17-18,20-21,24H,2-15,19,22,25H2,1H3. The third-order valence-electron chi connectivity index (χ3n) is 5.29. The zero-order valence-corrected chi connectivity index (χ0v) is 16.8. The highest BCUT2D eigenvalue weighted by atomic mass is 14.6. The van der Waals surface area contributed by atoms with Crippen molar-refractivity contribution in [1.82, 2.24) is 0 Å². The van der Waals surface area contributed by atoms with E-state index < -0.39 is 0 Å². The summed E-state index contributed by atoms with van der Waals surface area (Å²) >= 11 is 0. The Hall–Kier alpha value is -0.820. The Morgan fingerprint density at radius 1 is 0.680 bits per heavy atom. The number of rotatable bonds is 17. The highest BCUT2D eigenvalue weighted by molar-refractivity contribution is 5.17. The summed E-state index contributed by atoms with van der Waals surface area (Å²) in [5.74, 6) is 0. The van der Waals surface area contributed by atoms with Crippen LogP contribution >= 0.6 is 0 Å². The molecule has 1 unspecified atom stereocenters. The molecule has 0 aliphatic carbocycles. The van der Waals surface area contributed by atoms with Crippen LogP contribution in [0, 0.1) is 6.07 Å². The van der Waals surface area contributed by atoms with Crippen LogP contribution in [0.15, 0.2) is 24.3 Å². The Balaban J connectivity index is 1.77. The van der Waals surface area contributed by atoms with Gasteiger partial charge in [0.15, 0.2) is 0 Å². The molecule has 1 heteroatoms. The number of nitrogens with two attached hydrogens (primary N) is 1. The molecular formula is C24H42N. The lowest BCUT2D eigenvalue weighted by Gasteiger charge is -2.11. The van der Waals surface area contributed by atoms with E-state index in [0.717, 1.165) is 6.42 Å². The van der Waals surface area contributed by atoms with Crippen molar-refractivity contribution in [3.63, 3.8) is 0 Å². The minimum atomic E-state index is 0.205. The first-order chi connectivity index (χ1) is 12.3. The molecule has 0 saturated heterocycles. The summed E-state index contributed by atoms with van der Waals surface area (Å²) in [5.41, 5.74) is 7.49. The minimum Gasteiger partial charge on any atom is -0.324 e. The zero-order chi connectivity index (χ0) is 18.0. The quantitative estimate of drug-likeness (QED) is 0.287. The molecule has 1 aromatic carbocycles. The maximum absolute atomic E-state index is 6.24. The maximum atomic E-state index is 6.24. The van der Waals surface area contributed by atoms with Gasteiger partial charge in [-0.05, 0) is 18.1 Å². The lowest BCUT2D eigenvalue weighted by Crippen LogP contribution is -2.09. The monoisotopic (exact) mass is 344 g/mol. The number of hydrogen-bond donors (Lipinski definition) is 1. The molecule has 0 spiro atoms. The molecule has 0 amide bonds. The molecule has 0 aliphatic heterocycles. The van der Waals surface area contributed by atoms with Gasteiger partial charge in [0, 0.05) is 6.04 Å². The van der Waals surface area contributed by atoms with Crippen molar-refractivity contribution >= 4 is 0 Å². The highest BCUT2D eigenvalue weighted by Crippen LogP contribution is 2.18. The second-order valence-electron chi connectivity index (χ2n) is 7.68. The Kier molecular flexibility index (Phi) is 14.8. The Labute approximate surface area is 157 Å². The average Bonchev–Trinajstić information content (AvgIpc) is 2.65. The van der Waals surface area contributed by atoms with E-state index in [1.165, 1.54) is 102 Å². The van der Waals surface area contributed by atoms with Crippen LogP contribution in [0.25, 0.3) is 0 Å². The summed E-state index contributed by atoms with van der Waals surface area (Å²) in [5, 5.41) is 0. The molecule has 143 valence electrons. The first kappa shape index (κ1) is 22.2. The summed E-state index contributed by atoms with van der Waals surface area (Å²) < 4.78 is 0. The van der Waals surface area contributed by atoms with Crippen molar-refractivity contribution in [3.8, 4) is 0 Å². The Bertz CT molecular complexity index is 373. The summed E-state index contributed by atoms with van der Waals surface area (Å²) in [6, 6.07) is 11.4. The highest BCUT2D eigenvalue weighted by Gasteiger charge is 2.04. The second kappa shape index (κ2) is 16.6. The smallest absolute Gasteiger partial charge is 0.0294 e. The number of hydrogen-bond acceptors (Lipinski definition) is 1. The number of unbranched alkanes of at least 4 members (excludes halogenated alkanes) is 14. The fourth-order valence-electron chi connectivity index (χ4n) is 3.55. The molecule has 1 atom stereocenters. The van der Waals surface area contributed by atoms with Crippen molar-refractivity contribution in [2.75, 3.05) is 0 Å². The van der Waals surface area contributed by atoms with Crippen LogP contribution in [0.2, 0.25) is 0 Å². The van der Waals surface area contributed by atoms with Gasteiger partial charge in [0.2, 0.25) is 0 Å². The van der Waals surface area contributed by atoms with E-state index in [1.54, 1.807) is 0 Å². The van der Waals surface area contributed by atoms with Crippen LogP contribution in [0.5, 0.6) is 0 Å². The molecule has 0 fully saturated rings. The molecule has 0 aliphatic rings. The Morgan fingerprint density at radius 2 is 1.08 bits per heavy atom. The van der Waals surface area contributed by atoms with Gasteiger partial charge in [0.25, 0.3) is 0 Å². The second-order valence-corrected chi connectivity index (χ2v) is 7.68. The van der Waals surface area contributed by atoms with Crippen molar-refractivity contribution in [2.45, 2.75) is 116 Å². The molecule has 2 N–H and O–H groups in total. The summed E-state index contributed by atoms with van der Waals surface area (Å²) in [7, 11) is 0. The molecule has 25 heavy (non-hydrogen) atoms. The molecule has 1 aromatic rings. The molecule has 0 aromatic heterocycles. The van der Waals surface area contributed by atoms with Gasteiger partial charge in [-0.25, -0.2) is 0 Å². The normalized spacial score (nSPS) is 12.4. The fourth-order valence-corrected chi connectivity index (χ4v) is 3.55. The van der Waals surface area contributed by atoms with Gasteiger partial charge in [0.05, 0.1) is 0 Å². The van der Waals surface area contributed by atoms with E-state index in [-0.39, 0.29) is 6.04 Å². The van der Waals surface area contributed by atoms with Crippen LogP contribution in [0.3, 0.4) is 0 Å². The molecule has 0 bridgehead atoms. The predicted octanol–water partition coefficient (Wildman–Crippen LogP) is 7.75. The summed E-state index contributed by atoms with van der Waals surface area (Å²) in [6.07, 6.45) is 22.4. The topological polar surface area (TPSA) is 26.0 Å². The molecule has 1 nitrogen and oxygen atoms in total. The van der Waals surface area contributed by atoms with Crippen molar-refractivity contribution < 1.29 is 0 Å². The van der Waals surface area contributed by atoms with Crippen LogP contribution in [-0.4, -0.2) is 0 Å². The van der Waals surface area contributed by atoms with E-state index >= 15 is 0 Å². The van der Waals surface area contributed by atoms with E-state index in [2.05, 4.69) is 25.1 Å². The lowest BCUT2D eigenvalue weighted by molar-refractivity contribution is 0.519. The van der Waals surface area contributed by atoms with Gasteiger partial charge in [0.1, 0.15) is 0 Å². The Morgan fingerprint density at radius 3 is 1.52 bits per heavy atom. The molecular weight excluding hydrogens is 302 g/mol. The minimum absolute atomic E-state index is 0.205. The van der Waals surface area contributed by atoms with Crippen molar-refractivity contribution in [1.29, 1.82) is 0 Å². The van der Waals surface area contributed by atoms with Crippen LogP contribution in [0.4, 0.5) is 0 Å². The van der Waals surface area contributed by atoms with E-state index in [1.807, 2.05) is 12.1 Å². The third kappa shape index (κ3) is 13.1. The van der Waals surface area contributed by atoms with Gasteiger partial charge >= 0.3 is 0 Å². The average molecular weight is 345 g/mol. The maximum Gasteiger partial charge on any atom is 0.0294 e. The van der Waals surface area contributed by atoms with Crippen LogP contribution in [-0.2, 0) is 0 Å². The van der Waals surface area contributed by atoms with Crippen LogP contribution < -0.4 is 5.73 Å². The third-order valence-corrected chi connectivity index (χ3v) is 5.29. The van der Waals surface area contributed by atoms with Gasteiger partial charge in [-0.1, -0.05) is 128 Å². The predicted molar refractivity (Wildman–Crippen MR) is 112 cm³/mol. The first-order valence-corrected chi connectivity index (χ1v) is 11.1. The molecule has 0 saturated carbocycles. The molecule has 0 heterocycles. The summed E-state index contributed by atoms with van der Waals surface area (Å²) in [4.78, 5) is 0. The SMILES string of the molecule is CCCCCCCCCCCCCCCCCC(N)c1cc[c]cc1. The van der Waals surface area contributed by atoms with Gasteiger partial charge in [-0.2, -0.15) is 0 Å². The largest absolute Gasteiger partial charge is 0.324 e. The van der Waals surface area contributed by atoms with Gasteiger partial charge in [-0.3, -0.25) is 0 Å². The van der Waals surface area contributed by atoms with Crippen molar-refractivity contribution in [3.05, 3.63) is 35.9 Å². The summed E-state index contributed by atoms with van der Waals surface area (Å²) in [6.45, 7) is 2.29. The van der Waals surface area contributed by atoms with Gasteiger partial charge in [-0.15, -0.1) is 0 Å². The molecule has 1 rings (SSSR count). The van der Waals surface area contributed by atoms with E-state index in [4.69, 9.17) is 5.73 Å². The van der Waals surface area contributed by atoms with E-state index in [0.29, 0.717) is 0 Å². The first-order valence-electron chi connectivity index (χ1n) is 11.1. The van der Waals surface area contributed by atoms with Crippen LogP contribution in [0.1, 0.15) is 121 Å². The van der Waals surface area contributed by atoms with Crippen molar-refractivity contribution in [2.24, 2.45) is 5.73 Å². The zero-order valence-electron chi connectivity index (χ0n) is 16.8. The fraction of sp³-hybridized carbons (Fsp3) is 0.750. The van der Waals surface area contributed by atoms with E-state index in [9.17, 15) is 0 Å². The molecule has 1 radical (unpaired) electrons.